The van der Waals surface area contributed by atoms with Crippen LogP contribution in [0.5, 0.6) is 11.5 Å². The Hall–Kier alpha value is -2.78. The first-order valence-electron chi connectivity index (χ1n) is 11.0. The zero-order valence-electron chi connectivity index (χ0n) is 18.6. The lowest BCUT2D eigenvalue weighted by Crippen LogP contribution is -2.27. The molecule has 33 heavy (non-hydrogen) atoms. The van der Waals surface area contributed by atoms with Gasteiger partial charge in [-0.2, -0.15) is 0 Å². The lowest BCUT2D eigenvalue weighted by Gasteiger charge is -2.18. The molecular weight excluding hydrogens is 458 g/mol. The summed E-state index contributed by atoms with van der Waals surface area (Å²) in [7, 11) is 0. The number of anilines is 1. The SMILES string of the molecule is C=CCn1c(S[C@H](C)C(=O)Nc2ccc3c(c2)OCO3)nc2sc3c(c2c1=O)CC[C@@H](C)C3. The fourth-order valence-electron chi connectivity index (χ4n) is 4.21. The van der Waals surface area contributed by atoms with Crippen LogP contribution in [0.2, 0.25) is 0 Å². The van der Waals surface area contributed by atoms with Crippen LogP contribution in [0, 0.1) is 5.92 Å². The second-order valence-corrected chi connectivity index (χ2v) is 10.8. The summed E-state index contributed by atoms with van der Waals surface area (Å²) < 4.78 is 12.3. The molecule has 3 heterocycles. The Morgan fingerprint density at radius 3 is 3.06 bits per heavy atom. The monoisotopic (exact) mass is 483 g/mol. The maximum atomic E-state index is 13.4. The van der Waals surface area contributed by atoms with Gasteiger partial charge in [-0.25, -0.2) is 4.98 Å². The number of thioether (sulfide) groups is 1. The van der Waals surface area contributed by atoms with Gasteiger partial charge >= 0.3 is 0 Å². The number of ether oxygens (including phenoxy) is 2. The molecule has 1 amide bonds. The van der Waals surface area contributed by atoms with Gasteiger partial charge in [0.1, 0.15) is 4.83 Å². The summed E-state index contributed by atoms with van der Waals surface area (Å²) >= 11 is 2.90. The molecule has 5 rings (SSSR count). The summed E-state index contributed by atoms with van der Waals surface area (Å²) in [5, 5.41) is 3.72. The van der Waals surface area contributed by atoms with Crippen LogP contribution in [0.15, 0.2) is 40.8 Å². The topological polar surface area (TPSA) is 82.5 Å². The van der Waals surface area contributed by atoms with E-state index in [1.807, 2.05) is 6.92 Å². The molecule has 0 spiro atoms. The summed E-state index contributed by atoms with van der Waals surface area (Å²) in [5.41, 5.74) is 1.75. The van der Waals surface area contributed by atoms with E-state index in [9.17, 15) is 9.59 Å². The zero-order valence-corrected chi connectivity index (χ0v) is 20.2. The molecule has 0 saturated heterocycles. The third kappa shape index (κ3) is 4.15. The number of hydrogen-bond donors (Lipinski definition) is 1. The van der Waals surface area contributed by atoms with E-state index in [4.69, 9.17) is 14.5 Å². The lowest BCUT2D eigenvalue weighted by atomic mass is 9.89. The first-order valence-corrected chi connectivity index (χ1v) is 12.7. The normalized spacial score (nSPS) is 17.6. The van der Waals surface area contributed by atoms with Gasteiger partial charge in [0.25, 0.3) is 5.56 Å². The molecule has 1 aliphatic carbocycles. The van der Waals surface area contributed by atoms with Crippen molar-refractivity contribution in [3.8, 4) is 11.5 Å². The molecule has 0 bridgehead atoms. The molecule has 1 aromatic carbocycles. The molecule has 0 saturated carbocycles. The second kappa shape index (κ2) is 8.87. The van der Waals surface area contributed by atoms with Crippen molar-refractivity contribution in [2.45, 2.75) is 50.1 Å². The predicted octanol–water partition coefficient (Wildman–Crippen LogP) is 4.62. The highest BCUT2D eigenvalue weighted by atomic mass is 32.2. The average molecular weight is 484 g/mol. The number of nitrogens with one attached hydrogen (secondary N) is 1. The van der Waals surface area contributed by atoms with Crippen molar-refractivity contribution < 1.29 is 14.3 Å². The van der Waals surface area contributed by atoms with Gasteiger partial charge in [-0.3, -0.25) is 14.2 Å². The van der Waals surface area contributed by atoms with Crippen LogP contribution in [0.1, 0.15) is 30.7 Å². The van der Waals surface area contributed by atoms with E-state index < -0.39 is 5.25 Å². The number of hydrogen-bond acceptors (Lipinski definition) is 7. The van der Waals surface area contributed by atoms with E-state index in [0.717, 1.165) is 35.0 Å². The molecule has 2 aromatic heterocycles. The van der Waals surface area contributed by atoms with Crippen molar-refractivity contribution in [2.24, 2.45) is 5.92 Å². The molecule has 1 N–H and O–H groups in total. The number of benzene rings is 1. The van der Waals surface area contributed by atoms with E-state index in [-0.39, 0.29) is 18.3 Å². The Balaban J connectivity index is 1.42. The highest BCUT2D eigenvalue weighted by Gasteiger charge is 2.26. The lowest BCUT2D eigenvalue weighted by molar-refractivity contribution is -0.115. The van der Waals surface area contributed by atoms with Crippen LogP contribution in [0.25, 0.3) is 10.2 Å². The molecule has 172 valence electrons. The second-order valence-electron chi connectivity index (χ2n) is 8.45. The molecule has 1 aliphatic heterocycles. The van der Waals surface area contributed by atoms with Gasteiger partial charge in [-0.05, 0) is 49.8 Å². The van der Waals surface area contributed by atoms with Gasteiger partial charge in [0, 0.05) is 23.2 Å². The van der Waals surface area contributed by atoms with Crippen molar-refractivity contribution in [3.63, 3.8) is 0 Å². The largest absolute Gasteiger partial charge is 0.454 e. The standard InChI is InChI=1S/C24H25N3O4S2/c1-4-9-27-23(29)20-16-7-5-13(2)10-19(16)33-22(20)26-24(27)32-14(3)21(28)25-15-6-8-17-18(11-15)31-12-30-17/h4,6,8,11,13-14H,1,5,7,9-10,12H2,2-3H3,(H,25,28)/t13-,14-/m1/s1. The fourth-order valence-corrected chi connectivity index (χ4v) is 6.56. The van der Waals surface area contributed by atoms with Gasteiger partial charge in [-0.15, -0.1) is 17.9 Å². The maximum Gasteiger partial charge on any atom is 0.263 e. The van der Waals surface area contributed by atoms with Crippen molar-refractivity contribution in [1.29, 1.82) is 0 Å². The minimum atomic E-state index is -0.467. The zero-order chi connectivity index (χ0) is 23.1. The molecule has 0 radical (unpaired) electrons. The number of nitrogens with zero attached hydrogens (tertiary/aromatic N) is 2. The molecule has 7 nitrogen and oxygen atoms in total. The Morgan fingerprint density at radius 1 is 1.42 bits per heavy atom. The predicted molar refractivity (Wildman–Crippen MR) is 132 cm³/mol. The summed E-state index contributed by atoms with van der Waals surface area (Å²) in [6.07, 6.45) is 4.70. The van der Waals surface area contributed by atoms with E-state index in [0.29, 0.717) is 34.8 Å². The Labute approximate surface area is 199 Å². The molecule has 3 aromatic rings. The number of aromatic nitrogens is 2. The minimum absolute atomic E-state index is 0.0437. The molecule has 0 fully saturated rings. The third-order valence-corrected chi connectivity index (χ3v) is 8.22. The van der Waals surface area contributed by atoms with Crippen LogP contribution in [0.4, 0.5) is 5.69 Å². The summed E-state index contributed by atoms with van der Waals surface area (Å²) in [4.78, 5) is 33.2. The van der Waals surface area contributed by atoms with E-state index >= 15 is 0 Å². The van der Waals surface area contributed by atoms with Crippen LogP contribution in [0.3, 0.4) is 0 Å². The third-order valence-electron chi connectivity index (χ3n) is 5.98. The maximum absolute atomic E-state index is 13.4. The van der Waals surface area contributed by atoms with Crippen molar-refractivity contribution in [1.82, 2.24) is 9.55 Å². The number of carbonyl (C=O) groups is 1. The average Bonchev–Trinajstić information content (AvgIpc) is 3.39. The van der Waals surface area contributed by atoms with Crippen molar-refractivity contribution in [2.75, 3.05) is 12.1 Å². The van der Waals surface area contributed by atoms with Crippen LogP contribution >= 0.6 is 23.1 Å². The summed E-state index contributed by atoms with van der Waals surface area (Å²) in [6.45, 7) is 8.39. The fraction of sp³-hybridized carbons (Fsp3) is 0.375. The van der Waals surface area contributed by atoms with E-state index in [2.05, 4.69) is 18.8 Å². The number of allylic oxidation sites excluding steroid dienone is 1. The highest BCUT2D eigenvalue weighted by Crippen LogP contribution is 2.37. The van der Waals surface area contributed by atoms with Gasteiger partial charge in [0.05, 0.1) is 10.6 Å². The quantitative estimate of drug-likeness (QED) is 0.313. The van der Waals surface area contributed by atoms with Gasteiger partial charge < -0.3 is 14.8 Å². The number of aryl methyl sites for hydroxylation is 1. The van der Waals surface area contributed by atoms with Crippen LogP contribution < -0.4 is 20.3 Å². The van der Waals surface area contributed by atoms with Crippen LogP contribution in [-0.4, -0.2) is 27.5 Å². The summed E-state index contributed by atoms with van der Waals surface area (Å²) in [6, 6.07) is 5.29. The first kappa shape index (κ1) is 22.0. The number of rotatable bonds is 6. The first-order chi connectivity index (χ1) is 15.9. The van der Waals surface area contributed by atoms with E-state index in [1.165, 1.54) is 16.6 Å². The number of carbonyl (C=O) groups excluding carboxylic acids is 1. The summed E-state index contributed by atoms with van der Waals surface area (Å²) in [5.74, 6) is 1.71. The van der Waals surface area contributed by atoms with Gasteiger partial charge in [-0.1, -0.05) is 24.8 Å². The van der Waals surface area contributed by atoms with E-state index in [1.54, 1.807) is 40.2 Å². The number of fused-ring (bicyclic) bond motifs is 4. The molecular formula is C24H25N3O4S2. The van der Waals surface area contributed by atoms with Crippen molar-refractivity contribution in [3.05, 3.63) is 51.6 Å². The number of thiophene rings is 1. The molecule has 9 heteroatoms. The Bertz CT molecular complexity index is 1310. The highest BCUT2D eigenvalue weighted by molar-refractivity contribution is 8.00. The Morgan fingerprint density at radius 2 is 2.24 bits per heavy atom. The molecule has 2 atom stereocenters. The van der Waals surface area contributed by atoms with Crippen molar-refractivity contribution >= 4 is 44.9 Å². The van der Waals surface area contributed by atoms with Gasteiger partial charge in [0.2, 0.25) is 12.7 Å². The Kier molecular flexibility index (Phi) is 5.92. The number of amides is 1. The molecule has 0 unspecified atom stereocenters. The van der Waals surface area contributed by atoms with Crippen LogP contribution in [-0.2, 0) is 24.2 Å². The minimum Gasteiger partial charge on any atom is -0.454 e. The molecule has 2 aliphatic rings. The van der Waals surface area contributed by atoms with Gasteiger partial charge in [0.15, 0.2) is 16.7 Å². The smallest absolute Gasteiger partial charge is 0.263 e.